The number of hydrogen-bond acceptors (Lipinski definition) is 7. The lowest BCUT2D eigenvalue weighted by Gasteiger charge is -2.07. The van der Waals surface area contributed by atoms with Crippen molar-refractivity contribution in [1.29, 1.82) is 0 Å². The average molecular weight is 267 g/mol. The van der Waals surface area contributed by atoms with Gasteiger partial charge in [0, 0.05) is 5.38 Å². The molecule has 2 rings (SSSR count). The van der Waals surface area contributed by atoms with Crippen LogP contribution >= 0.6 is 11.3 Å². The number of anilines is 1. The van der Waals surface area contributed by atoms with Crippen molar-refractivity contribution in [3.8, 4) is 0 Å². The number of rotatable bonds is 7. The van der Waals surface area contributed by atoms with Crippen molar-refractivity contribution in [2.45, 2.75) is 32.9 Å². The number of nitrogens with one attached hydrogen (secondary N) is 2. The maximum absolute atomic E-state index is 5.52. The van der Waals surface area contributed by atoms with E-state index in [1.54, 1.807) is 16.8 Å². The van der Waals surface area contributed by atoms with Gasteiger partial charge in [-0.25, -0.2) is 4.98 Å². The summed E-state index contributed by atoms with van der Waals surface area (Å²) < 4.78 is 5.52. The predicted molar refractivity (Wildman–Crippen MR) is 70.4 cm³/mol. The zero-order valence-corrected chi connectivity index (χ0v) is 11.3. The van der Waals surface area contributed by atoms with Gasteiger partial charge >= 0.3 is 6.01 Å². The fraction of sp³-hybridized carbons (Fsp3) is 0.545. The van der Waals surface area contributed by atoms with E-state index in [9.17, 15) is 0 Å². The molecule has 2 aromatic heterocycles. The van der Waals surface area contributed by atoms with Crippen LogP contribution in [0.5, 0.6) is 0 Å². The molecule has 0 aliphatic rings. The Bertz CT molecular complexity index is 456. The molecular formula is C11H17N5OS. The number of aromatic nitrogens is 3. The van der Waals surface area contributed by atoms with Gasteiger partial charge in [0.25, 0.3) is 0 Å². The Morgan fingerprint density at radius 1 is 1.44 bits per heavy atom. The molecule has 0 saturated heterocycles. The Labute approximate surface area is 110 Å². The van der Waals surface area contributed by atoms with Crippen LogP contribution in [-0.4, -0.2) is 21.7 Å². The van der Waals surface area contributed by atoms with Crippen molar-refractivity contribution in [3.63, 3.8) is 0 Å². The molecule has 0 amide bonds. The normalized spacial score (nSPS) is 12.6. The van der Waals surface area contributed by atoms with Crippen molar-refractivity contribution in [1.82, 2.24) is 20.5 Å². The molecule has 0 aliphatic heterocycles. The zero-order valence-electron chi connectivity index (χ0n) is 10.5. The molecule has 0 aromatic carbocycles. The van der Waals surface area contributed by atoms with Crippen LogP contribution in [0.2, 0.25) is 0 Å². The highest BCUT2D eigenvalue weighted by Gasteiger charge is 2.12. The van der Waals surface area contributed by atoms with Gasteiger partial charge in [0.2, 0.25) is 5.89 Å². The van der Waals surface area contributed by atoms with E-state index in [4.69, 9.17) is 4.42 Å². The third-order valence-electron chi connectivity index (χ3n) is 2.42. The first-order chi connectivity index (χ1) is 8.79. The molecule has 98 valence electrons. The van der Waals surface area contributed by atoms with Crippen LogP contribution in [0.25, 0.3) is 0 Å². The van der Waals surface area contributed by atoms with E-state index in [1.165, 1.54) is 0 Å². The van der Waals surface area contributed by atoms with Crippen LogP contribution < -0.4 is 10.6 Å². The largest absolute Gasteiger partial charge is 0.406 e. The van der Waals surface area contributed by atoms with E-state index in [2.05, 4.69) is 32.7 Å². The van der Waals surface area contributed by atoms with E-state index in [-0.39, 0.29) is 6.04 Å². The first-order valence-corrected chi connectivity index (χ1v) is 6.91. The molecule has 0 spiro atoms. The van der Waals surface area contributed by atoms with E-state index < -0.39 is 0 Å². The second-order valence-corrected chi connectivity index (χ2v) is 4.67. The minimum absolute atomic E-state index is 0.0762. The Hall–Kier alpha value is -1.47. The fourth-order valence-electron chi connectivity index (χ4n) is 1.42. The van der Waals surface area contributed by atoms with E-state index in [1.807, 2.05) is 12.3 Å². The molecule has 0 aliphatic carbocycles. The van der Waals surface area contributed by atoms with Crippen molar-refractivity contribution in [2.75, 3.05) is 11.9 Å². The summed E-state index contributed by atoms with van der Waals surface area (Å²) in [4.78, 5) is 4.17. The maximum Gasteiger partial charge on any atom is 0.315 e. The Balaban J connectivity index is 1.85. The van der Waals surface area contributed by atoms with Gasteiger partial charge in [-0.3, -0.25) is 0 Å². The second kappa shape index (κ2) is 6.46. The minimum atomic E-state index is 0.0762. The highest BCUT2D eigenvalue weighted by atomic mass is 32.1. The van der Waals surface area contributed by atoms with E-state index in [0.29, 0.717) is 18.5 Å². The summed E-state index contributed by atoms with van der Waals surface area (Å²) in [7, 11) is 0. The van der Waals surface area contributed by atoms with Gasteiger partial charge in [-0.1, -0.05) is 12.0 Å². The summed E-state index contributed by atoms with van der Waals surface area (Å²) >= 11 is 1.57. The molecule has 18 heavy (non-hydrogen) atoms. The molecule has 0 radical (unpaired) electrons. The Morgan fingerprint density at radius 2 is 2.33 bits per heavy atom. The summed E-state index contributed by atoms with van der Waals surface area (Å²) in [6, 6.07) is 0.510. The van der Waals surface area contributed by atoms with Gasteiger partial charge in [0.05, 0.1) is 23.8 Å². The summed E-state index contributed by atoms with van der Waals surface area (Å²) in [6.45, 7) is 5.66. The van der Waals surface area contributed by atoms with Gasteiger partial charge in [-0.2, -0.15) is 0 Å². The van der Waals surface area contributed by atoms with Crippen LogP contribution in [0.1, 0.15) is 37.9 Å². The quantitative estimate of drug-likeness (QED) is 0.801. The molecule has 0 bridgehead atoms. The van der Waals surface area contributed by atoms with Crippen molar-refractivity contribution in [2.24, 2.45) is 0 Å². The molecule has 0 saturated carbocycles. The molecule has 7 heteroatoms. The lowest BCUT2D eigenvalue weighted by atomic mass is 10.3. The smallest absolute Gasteiger partial charge is 0.315 e. The lowest BCUT2D eigenvalue weighted by molar-refractivity contribution is 0.423. The summed E-state index contributed by atoms with van der Waals surface area (Å²) in [6.07, 6.45) is 1.08. The number of thiazole rings is 1. The third-order valence-corrected chi connectivity index (χ3v) is 3.05. The summed E-state index contributed by atoms with van der Waals surface area (Å²) in [5, 5.41) is 16.3. The maximum atomic E-state index is 5.52. The highest BCUT2D eigenvalue weighted by molar-refractivity contribution is 7.07. The van der Waals surface area contributed by atoms with Crippen LogP contribution in [0.3, 0.4) is 0 Å². The van der Waals surface area contributed by atoms with Gasteiger partial charge in [-0.15, -0.1) is 16.4 Å². The lowest BCUT2D eigenvalue weighted by Crippen LogP contribution is -2.19. The van der Waals surface area contributed by atoms with Gasteiger partial charge in [0.1, 0.15) is 0 Å². The molecule has 2 N–H and O–H groups in total. The SMILES string of the molecule is CCCNC(C)c1nnc(NCc2cscn2)o1. The van der Waals surface area contributed by atoms with Crippen molar-refractivity contribution < 1.29 is 4.42 Å². The first-order valence-electron chi connectivity index (χ1n) is 5.97. The highest BCUT2D eigenvalue weighted by Crippen LogP contribution is 2.14. The molecule has 1 unspecified atom stereocenters. The van der Waals surface area contributed by atoms with E-state index >= 15 is 0 Å². The third kappa shape index (κ3) is 3.51. The van der Waals surface area contributed by atoms with Crippen molar-refractivity contribution in [3.05, 3.63) is 22.5 Å². The fourth-order valence-corrected chi connectivity index (χ4v) is 1.98. The molecular weight excluding hydrogens is 250 g/mol. The molecule has 2 aromatic rings. The average Bonchev–Trinajstić information content (AvgIpc) is 3.04. The Morgan fingerprint density at radius 3 is 3.06 bits per heavy atom. The first kappa shape index (κ1) is 13.0. The topological polar surface area (TPSA) is 75.9 Å². The van der Waals surface area contributed by atoms with Crippen LogP contribution in [-0.2, 0) is 6.54 Å². The second-order valence-electron chi connectivity index (χ2n) is 3.95. The van der Waals surface area contributed by atoms with Gasteiger partial charge in [-0.05, 0) is 19.9 Å². The molecule has 2 heterocycles. The van der Waals surface area contributed by atoms with Gasteiger partial charge in [0.15, 0.2) is 0 Å². The van der Waals surface area contributed by atoms with Crippen LogP contribution in [0.4, 0.5) is 6.01 Å². The summed E-state index contributed by atoms with van der Waals surface area (Å²) in [5.74, 6) is 0.601. The van der Waals surface area contributed by atoms with Crippen molar-refractivity contribution >= 4 is 17.4 Å². The van der Waals surface area contributed by atoms with E-state index in [0.717, 1.165) is 18.7 Å². The monoisotopic (exact) mass is 267 g/mol. The van der Waals surface area contributed by atoms with Gasteiger partial charge < -0.3 is 15.1 Å². The van der Waals surface area contributed by atoms with Crippen LogP contribution in [0, 0.1) is 0 Å². The number of nitrogens with zero attached hydrogens (tertiary/aromatic N) is 3. The van der Waals surface area contributed by atoms with Crippen LogP contribution in [0.15, 0.2) is 15.3 Å². The standard InChI is InChI=1S/C11H17N5OS/c1-3-4-12-8(2)10-15-16-11(17-10)13-5-9-6-18-7-14-9/h6-8,12H,3-5H2,1-2H3,(H,13,16). The molecule has 6 nitrogen and oxygen atoms in total. The minimum Gasteiger partial charge on any atom is -0.406 e. The Kier molecular flexibility index (Phi) is 4.66. The predicted octanol–water partition coefficient (Wildman–Crippen LogP) is 2.20. The zero-order chi connectivity index (χ0) is 12.8. The number of hydrogen-bond donors (Lipinski definition) is 2. The molecule has 0 fully saturated rings. The molecule has 1 atom stereocenters. The summed E-state index contributed by atoms with van der Waals surface area (Å²) in [5.41, 5.74) is 2.77.